The van der Waals surface area contributed by atoms with Gasteiger partial charge in [0.25, 0.3) is 0 Å². The Morgan fingerprint density at radius 2 is 2.07 bits per heavy atom. The molecule has 0 heterocycles. The van der Waals surface area contributed by atoms with Gasteiger partial charge in [-0.05, 0) is 25.8 Å². The van der Waals surface area contributed by atoms with E-state index in [0.717, 1.165) is 19.3 Å². The number of esters is 1. The first-order valence-electron chi connectivity index (χ1n) is 5.17. The Bertz CT molecular complexity index is 211. The van der Waals surface area contributed by atoms with Crippen molar-refractivity contribution in [2.75, 3.05) is 13.7 Å². The van der Waals surface area contributed by atoms with Crippen LogP contribution in [0.4, 0.5) is 0 Å². The first-order chi connectivity index (χ1) is 7.11. The minimum Gasteiger partial charge on any atom is -0.466 e. The fourth-order valence-electron chi connectivity index (χ4n) is 1.24. The lowest BCUT2D eigenvalue weighted by molar-refractivity contribution is -0.136. The van der Waals surface area contributed by atoms with Crippen LogP contribution in [0, 0.1) is 0 Å². The van der Waals surface area contributed by atoms with Crippen LogP contribution in [0.3, 0.4) is 0 Å². The Kier molecular flexibility index (Phi) is 7.95. The molecule has 0 aromatic rings. The summed E-state index contributed by atoms with van der Waals surface area (Å²) in [5.74, 6) is -0.413. The zero-order valence-electron chi connectivity index (χ0n) is 9.40. The zero-order chi connectivity index (χ0) is 11.7. The Hall–Kier alpha value is -0.870. The topological polar surface area (TPSA) is 66.8 Å². The number of methoxy groups -OCH3 is 1. The number of unbranched alkanes of at least 4 members (excludes halogenated alkanes) is 2. The Labute approximate surface area is 90.6 Å². The number of aliphatic hydroxyl groups is 2. The summed E-state index contributed by atoms with van der Waals surface area (Å²) < 4.78 is 4.50. The van der Waals surface area contributed by atoms with Crippen molar-refractivity contribution in [2.45, 2.75) is 38.7 Å². The summed E-state index contributed by atoms with van der Waals surface area (Å²) in [7, 11) is 1.31. The van der Waals surface area contributed by atoms with E-state index in [2.05, 4.69) is 4.74 Å². The molecule has 0 aromatic carbocycles. The van der Waals surface area contributed by atoms with Crippen LogP contribution >= 0.6 is 0 Å². The van der Waals surface area contributed by atoms with Crippen molar-refractivity contribution < 1.29 is 19.7 Å². The largest absolute Gasteiger partial charge is 0.466 e. The molecule has 0 radical (unpaired) electrons. The first-order valence-corrected chi connectivity index (χ1v) is 5.17. The van der Waals surface area contributed by atoms with E-state index >= 15 is 0 Å². The molecule has 0 rings (SSSR count). The maximum Gasteiger partial charge on any atom is 0.333 e. The third-order valence-corrected chi connectivity index (χ3v) is 2.11. The van der Waals surface area contributed by atoms with Crippen molar-refractivity contribution in [1.82, 2.24) is 0 Å². The van der Waals surface area contributed by atoms with Gasteiger partial charge in [0.05, 0.1) is 13.2 Å². The van der Waals surface area contributed by atoms with Crippen molar-refractivity contribution in [1.29, 1.82) is 0 Å². The van der Waals surface area contributed by atoms with Gasteiger partial charge in [0.15, 0.2) is 0 Å². The summed E-state index contributed by atoms with van der Waals surface area (Å²) in [5.41, 5.74) is 0.423. The lowest BCUT2D eigenvalue weighted by Gasteiger charge is -2.06. The number of carbonyl (C=O) groups is 1. The average Bonchev–Trinajstić information content (AvgIpc) is 2.23. The molecule has 0 bridgehead atoms. The van der Waals surface area contributed by atoms with E-state index in [0.29, 0.717) is 12.0 Å². The van der Waals surface area contributed by atoms with E-state index in [4.69, 9.17) is 5.11 Å². The summed E-state index contributed by atoms with van der Waals surface area (Å²) in [6.07, 6.45) is 3.99. The van der Waals surface area contributed by atoms with E-state index in [9.17, 15) is 9.90 Å². The SMILES string of the molecule is COC(=O)C(C)=CC(O)CCCCCO. The minimum atomic E-state index is -0.609. The third kappa shape index (κ3) is 7.11. The molecule has 2 N–H and O–H groups in total. The van der Waals surface area contributed by atoms with Gasteiger partial charge in [0.1, 0.15) is 0 Å². The highest BCUT2D eigenvalue weighted by atomic mass is 16.5. The van der Waals surface area contributed by atoms with Gasteiger partial charge in [-0.1, -0.05) is 12.8 Å². The van der Waals surface area contributed by atoms with Gasteiger partial charge >= 0.3 is 5.97 Å². The van der Waals surface area contributed by atoms with Crippen LogP contribution in [0.15, 0.2) is 11.6 Å². The van der Waals surface area contributed by atoms with Gasteiger partial charge in [-0.15, -0.1) is 0 Å². The lowest BCUT2D eigenvalue weighted by Crippen LogP contribution is -2.08. The van der Waals surface area contributed by atoms with Crippen LogP contribution in [0.25, 0.3) is 0 Å². The molecule has 0 aromatic heterocycles. The molecule has 0 spiro atoms. The second-order valence-electron chi connectivity index (χ2n) is 3.48. The third-order valence-electron chi connectivity index (χ3n) is 2.11. The second-order valence-corrected chi connectivity index (χ2v) is 3.48. The van der Waals surface area contributed by atoms with E-state index < -0.39 is 12.1 Å². The smallest absolute Gasteiger partial charge is 0.333 e. The summed E-state index contributed by atoms with van der Waals surface area (Å²) >= 11 is 0. The summed E-state index contributed by atoms with van der Waals surface area (Å²) in [6.45, 7) is 1.80. The molecular formula is C11H20O4. The van der Waals surface area contributed by atoms with Crippen molar-refractivity contribution in [3.8, 4) is 0 Å². The molecule has 0 saturated carbocycles. The number of aliphatic hydroxyl groups excluding tert-OH is 2. The van der Waals surface area contributed by atoms with Crippen molar-refractivity contribution in [3.05, 3.63) is 11.6 Å². The van der Waals surface area contributed by atoms with E-state index in [1.165, 1.54) is 13.2 Å². The average molecular weight is 216 g/mol. The van der Waals surface area contributed by atoms with Crippen LogP contribution in [0.1, 0.15) is 32.6 Å². The monoisotopic (exact) mass is 216 g/mol. The van der Waals surface area contributed by atoms with Gasteiger partial charge in [0.2, 0.25) is 0 Å². The van der Waals surface area contributed by atoms with Crippen LogP contribution in [-0.2, 0) is 9.53 Å². The molecule has 0 aliphatic heterocycles. The minimum absolute atomic E-state index is 0.188. The van der Waals surface area contributed by atoms with Gasteiger partial charge in [-0.3, -0.25) is 0 Å². The number of carbonyl (C=O) groups excluding carboxylic acids is 1. The molecule has 15 heavy (non-hydrogen) atoms. The van der Waals surface area contributed by atoms with E-state index in [1.807, 2.05) is 0 Å². The predicted molar refractivity (Wildman–Crippen MR) is 57.3 cm³/mol. The quantitative estimate of drug-likeness (QED) is 0.379. The van der Waals surface area contributed by atoms with Gasteiger partial charge in [0, 0.05) is 12.2 Å². The molecule has 4 nitrogen and oxygen atoms in total. The number of ether oxygens (including phenoxy) is 1. The van der Waals surface area contributed by atoms with Gasteiger partial charge in [-0.2, -0.15) is 0 Å². The molecule has 0 aliphatic carbocycles. The molecular weight excluding hydrogens is 196 g/mol. The Balaban J connectivity index is 3.80. The highest BCUT2D eigenvalue weighted by Gasteiger charge is 2.06. The molecule has 1 atom stereocenters. The molecule has 4 heteroatoms. The standard InChI is InChI=1S/C11H20O4/c1-9(11(14)15-2)8-10(13)6-4-3-5-7-12/h8,10,12-13H,3-7H2,1-2H3. The van der Waals surface area contributed by atoms with Crippen LogP contribution in [0.2, 0.25) is 0 Å². The highest BCUT2D eigenvalue weighted by Crippen LogP contribution is 2.07. The summed E-state index contributed by atoms with van der Waals surface area (Å²) in [5, 5.41) is 18.1. The second kappa shape index (κ2) is 8.44. The fraction of sp³-hybridized carbons (Fsp3) is 0.727. The number of hydrogen-bond donors (Lipinski definition) is 2. The zero-order valence-corrected chi connectivity index (χ0v) is 9.40. The normalized spacial score (nSPS) is 13.7. The van der Waals surface area contributed by atoms with E-state index in [1.54, 1.807) is 6.92 Å². The van der Waals surface area contributed by atoms with Crippen molar-refractivity contribution in [3.63, 3.8) is 0 Å². The number of rotatable bonds is 7. The summed E-state index contributed by atoms with van der Waals surface area (Å²) in [6, 6.07) is 0. The first kappa shape index (κ1) is 14.1. The van der Waals surface area contributed by atoms with Gasteiger partial charge < -0.3 is 14.9 Å². The molecule has 0 fully saturated rings. The molecule has 88 valence electrons. The Morgan fingerprint density at radius 1 is 1.40 bits per heavy atom. The van der Waals surface area contributed by atoms with Crippen molar-refractivity contribution in [2.24, 2.45) is 0 Å². The fourth-order valence-corrected chi connectivity index (χ4v) is 1.24. The number of hydrogen-bond acceptors (Lipinski definition) is 4. The highest BCUT2D eigenvalue weighted by molar-refractivity contribution is 5.87. The van der Waals surface area contributed by atoms with E-state index in [-0.39, 0.29) is 6.61 Å². The summed E-state index contributed by atoms with van der Waals surface area (Å²) in [4.78, 5) is 11.0. The van der Waals surface area contributed by atoms with Crippen molar-refractivity contribution >= 4 is 5.97 Å². The molecule has 0 amide bonds. The predicted octanol–water partition coefficient (Wildman–Crippen LogP) is 1.02. The molecule has 1 unspecified atom stereocenters. The van der Waals surface area contributed by atoms with Crippen LogP contribution in [0.5, 0.6) is 0 Å². The molecule has 0 saturated heterocycles. The van der Waals surface area contributed by atoms with Gasteiger partial charge in [-0.25, -0.2) is 4.79 Å². The maximum atomic E-state index is 11.0. The Morgan fingerprint density at radius 3 is 2.60 bits per heavy atom. The lowest BCUT2D eigenvalue weighted by atomic mass is 10.1. The maximum absolute atomic E-state index is 11.0. The van der Waals surface area contributed by atoms with Crippen LogP contribution < -0.4 is 0 Å². The molecule has 0 aliphatic rings. The van der Waals surface area contributed by atoms with Crippen LogP contribution in [-0.4, -0.2) is 36.0 Å².